The van der Waals surface area contributed by atoms with Crippen molar-refractivity contribution in [2.75, 3.05) is 18.6 Å². The number of thioether (sulfide) groups is 1. The van der Waals surface area contributed by atoms with Crippen LogP contribution in [0.1, 0.15) is 36.8 Å². The summed E-state index contributed by atoms with van der Waals surface area (Å²) >= 11 is 1.52. The van der Waals surface area contributed by atoms with Crippen LogP contribution in [0.3, 0.4) is 0 Å². The molecule has 46 heavy (non-hydrogen) atoms. The number of H-pyrrole nitrogens is 2. The van der Waals surface area contributed by atoms with Gasteiger partial charge in [0.2, 0.25) is 17.7 Å². The standard InChI is InChI=1S/C33H43N7O5S/c1-46-15-13-27(38-30(41)24(35)16-20-18-36-25-10-4-2-8-22(20)25)31(42)40-29(17-21-19-37-26-11-5-3-9-23(21)26)32(43)39-28(33(44)45)12-6-7-14-34/h2-5,8-11,18-19,24,27-29,36-37H,6-7,12-17,34-35H2,1H3,(H,38,41)(H,39,43)(H,40,42)(H,44,45). The van der Waals surface area contributed by atoms with E-state index in [0.29, 0.717) is 31.6 Å². The number of aromatic nitrogens is 2. The van der Waals surface area contributed by atoms with Crippen molar-refractivity contribution in [2.45, 2.75) is 62.7 Å². The van der Waals surface area contributed by atoms with Crippen molar-refractivity contribution in [1.29, 1.82) is 0 Å². The van der Waals surface area contributed by atoms with Crippen LogP contribution in [-0.4, -0.2) is 81.5 Å². The number of carbonyl (C=O) groups excluding carboxylic acids is 3. The molecule has 246 valence electrons. The molecule has 0 radical (unpaired) electrons. The van der Waals surface area contributed by atoms with Crippen LogP contribution in [0.2, 0.25) is 0 Å². The fourth-order valence-electron chi connectivity index (χ4n) is 5.44. The summed E-state index contributed by atoms with van der Waals surface area (Å²) in [5, 5.41) is 19.8. The van der Waals surface area contributed by atoms with Gasteiger partial charge in [0.1, 0.15) is 18.1 Å². The Bertz CT molecular complexity index is 1640. The van der Waals surface area contributed by atoms with Gasteiger partial charge in [-0.25, -0.2) is 4.79 Å². The van der Waals surface area contributed by atoms with Crippen molar-refractivity contribution in [3.8, 4) is 0 Å². The summed E-state index contributed by atoms with van der Waals surface area (Å²) in [5.41, 5.74) is 15.3. The fraction of sp³-hybridized carbons (Fsp3) is 0.394. The molecule has 4 aromatic rings. The first kappa shape index (κ1) is 34.5. The van der Waals surface area contributed by atoms with E-state index in [1.807, 2.05) is 61.0 Å². The number of carboxylic acid groups (broad SMARTS) is 1. The number of nitrogens with two attached hydrogens (primary N) is 2. The molecule has 2 aromatic carbocycles. The second kappa shape index (κ2) is 16.8. The maximum atomic E-state index is 13.7. The average Bonchev–Trinajstić information content (AvgIpc) is 3.65. The molecule has 3 amide bonds. The molecule has 4 rings (SSSR count). The van der Waals surface area contributed by atoms with Gasteiger partial charge in [0.05, 0.1) is 6.04 Å². The molecule has 10 N–H and O–H groups in total. The zero-order chi connectivity index (χ0) is 33.1. The Balaban J connectivity index is 1.51. The number of aromatic amines is 2. The topological polar surface area (TPSA) is 208 Å². The van der Waals surface area contributed by atoms with Crippen molar-refractivity contribution in [3.05, 3.63) is 72.1 Å². The summed E-state index contributed by atoms with van der Waals surface area (Å²) < 4.78 is 0. The van der Waals surface area contributed by atoms with Crippen LogP contribution in [0, 0.1) is 0 Å². The van der Waals surface area contributed by atoms with Crippen molar-refractivity contribution in [3.63, 3.8) is 0 Å². The fourth-order valence-corrected chi connectivity index (χ4v) is 5.91. The van der Waals surface area contributed by atoms with Crippen LogP contribution in [0.25, 0.3) is 21.8 Å². The molecule has 0 saturated heterocycles. The Kier molecular flexibility index (Phi) is 12.6. The largest absolute Gasteiger partial charge is 0.480 e. The van der Waals surface area contributed by atoms with Crippen LogP contribution in [0.4, 0.5) is 0 Å². The van der Waals surface area contributed by atoms with E-state index in [1.54, 1.807) is 6.20 Å². The third-order valence-corrected chi connectivity index (χ3v) is 8.63. The van der Waals surface area contributed by atoms with Crippen LogP contribution in [0.5, 0.6) is 0 Å². The molecule has 0 saturated carbocycles. The zero-order valence-corrected chi connectivity index (χ0v) is 26.7. The smallest absolute Gasteiger partial charge is 0.326 e. The third-order valence-electron chi connectivity index (χ3n) is 7.99. The lowest BCUT2D eigenvalue weighted by Crippen LogP contribution is -2.57. The predicted molar refractivity (Wildman–Crippen MR) is 181 cm³/mol. The molecule has 0 aliphatic rings. The first-order valence-corrected chi connectivity index (χ1v) is 16.8. The van der Waals surface area contributed by atoms with E-state index in [-0.39, 0.29) is 19.3 Å². The number of aliphatic carboxylic acids is 1. The van der Waals surface area contributed by atoms with E-state index in [0.717, 1.165) is 32.9 Å². The van der Waals surface area contributed by atoms with Gasteiger partial charge in [0, 0.05) is 40.6 Å². The van der Waals surface area contributed by atoms with E-state index in [2.05, 4.69) is 25.9 Å². The molecule has 0 aliphatic carbocycles. The van der Waals surface area contributed by atoms with Crippen LogP contribution in [-0.2, 0) is 32.0 Å². The number of amides is 3. The molecule has 0 spiro atoms. The first-order valence-electron chi connectivity index (χ1n) is 15.4. The Hall–Kier alpha value is -4.33. The minimum atomic E-state index is -1.17. The van der Waals surface area contributed by atoms with Gasteiger partial charge in [0.15, 0.2) is 0 Å². The first-order chi connectivity index (χ1) is 22.2. The highest BCUT2D eigenvalue weighted by Crippen LogP contribution is 2.20. The highest BCUT2D eigenvalue weighted by atomic mass is 32.2. The summed E-state index contributed by atoms with van der Waals surface area (Å²) in [7, 11) is 0. The van der Waals surface area contributed by atoms with E-state index in [1.165, 1.54) is 11.8 Å². The normalized spacial score (nSPS) is 14.0. The van der Waals surface area contributed by atoms with Gasteiger partial charge in [-0.3, -0.25) is 14.4 Å². The predicted octanol–water partition coefficient (Wildman–Crippen LogP) is 2.18. The number of unbranched alkanes of at least 4 members (excludes halogenated alkanes) is 1. The van der Waals surface area contributed by atoms with E-state index in [9.17, 15) is 24.3 Å². The number of benzene rings is 2. The van der Waals surface area contributed by atoms with Gasteiger partial charge in [-0.2, -0.15) is 11.8 Å². The summed E-state index contributed by atoms with van der Waals surface area (Å²) in [5.74, 6) is -2.29. The van der Waals surface area contributed by atoms with Crippen LogP contribution < -0.4 is 27.4 Å². The van der Waals surface area contributed by atoms with Crippen LogP contribution >= 0.6 is 11.8 Å². The van der Waals surface area contributed by atoms with Gasteiger partial charge in [-0.1, -0.05) is 36.4 Å². The van der Waals surface area contributed by atoms with Gasteiger partial charge < -0.3 is 42.5 Å². The number of para-hydroxylation sites is 2. The van der Waals surface area contributed by atoms with Crippen molar-refractivity contribution in [2.24, 2.45) is 11.5 Å². The van der Waals surface area contributed by atoms with Crippen molar-refractivity contribution < 1.29 is 24.3 Å². The molecule has 2 aromatic heterocycles. The Labute approximate surface area is 271 Å². The Morgan fingerprint density at radius 1 is 0.761 bits per heavy atom. The monoisotopic (exact) mass is 649 g/mol. The lowest BCUT2D eigenvalue weighted by Gasteiger charge is -2.25. The minimum absolute atomic E-state index is 0.0972. The van der Waals surface area contributed by atoms with Gasteiger partial charge >= 0.3 is 5.97 Å². The maximum Gasteiger partial charge on any atom is 0.326 e. The zero-order valence-electron chi connectivity index (χ0n) is 25.9. The molecule has 12 nitrogen and oxygen atoms in total. The van der Waals surface area contributed by atoms with E-state index in [4.69, 9.17) is 11.5 Å². The number of fused-ring (bicyclic) bond motifs is 2. The molecule has 0 aliphatic heterocycles. The van der Waals surface area contributed by atoms with E-state index < -0.39 is 47.9 Å². The number of rotatable bonds is 18. The molecular weight excluding hydrogens is 606 g/mol. The van der Waals surface area contributed by atoms with Gasteiger partial charge in [-0.15, -0.1) is 0 Å². The number of hydrogen-bond donors (Lipinski definition) is 8. The number of carboxylic acids is 1. The third kappa shape index (κ3) is 9.12. The maximum absolute atomic E-state index is 13.7. The Morgan fingerprint density at radius 2 is 1.30 bits per heavy atom. The molecule has 0 bridgehead atoms. The van der Waals surface area contributed by atoms with Gasteiger partial charge in [0.25, 0.3) is 0 Å². The Morgan fingerprint density at radius 3 is 1.89 bits per heavy atom. The summed E-state index contributed by atoms with van der Waals surface area (Å²) in [6, 6.07) is 11.1. The van der Waals surface area contributed by atoms with E-state index >= 15 is 0 Å². The molecule has 0 fully saturated rings. The number of hydrogen-bond acceptors (Lipinski definition) is 7. The second-order valence-corrected chi connectivity index (χ2v) is 12.3. The SMILES string of the molecule is CSCCC(NC(=O)C(N)Cc1c[nH]c2ccccc12)C(=O)NC(Cc1c[nH]c2ccccc12)C(=O)NC(CCCCN)C(=O)O. The van der Waals surface area contributed by atoms with Gasteiger partial charge in [-0.05, 0) is 73.9 Å². The molecule has 13 heteroatoms. The number of carbonyl (C=O) groups is 4. The van der Waals surface area contributed by atoms with Crippen LogP contribution in [0.15, 0.2) is 60.9 Å². The van der Waals surface area contributed by atoms with Crippen molar-refractivity contribution in [1.82, 2.24) is 25.9 Å². The quantitative estimate of drug-likeness (QED) is 0.0748. The lowest BCUT2D eigenvalue weighted by molar-refractivity contribution is -0.142. The number of nitrogens with one attached hydrogen (secondary N) is 5. The average molecular weight is 650 g/mol. The van der Waals surface area contributed by atoms with Crippen molar-refractivity contribution >= 4 is 57.3 Å². The molecule has 2 heterocycles. The second-order valence-electron chi connectivity index (χ2n) is 11.3. The molecular formula is C33H43N7O5S. The highest BCUT2D eigenvalue weighted by Gasteiger charge is 2.31. The summed E-state index contributed by atoms with van der Waals surface area (Å²) in [6.07, 6.45) is 7.49. The lowest BCUT2D eigenvalue weighted by atomic mass is 10.0. The summed E-state index contributed by atoms with van der Waals surface area (Å²) in [6.45, 7) is 0.411. The minimum Gasteiger partial charge on any atom is -0.480 e. The molecule has 4 unspecified atom stereocenters. The molecule has 4 atom stereocenters. The summed E-state index contributed by atoms with van der Waals surface area (Å²) in [4.78, 5) is 58.9. The highest BCUT2D eigenvalue weighted by molar-refractivity contribution is 7.98.